The van der Waals surface area contributed by atoms with Gasteiger partial charge in [0.1, 0.15) is 5.82 Å². The lowest BCUT2D eigenvalue weighted by Gasteiger charge is -2.39. The molecule has 1 saturated heterocycles. The molecule has 2 amide bonds. The van der Waals surface area contributed by atoms with Gasteiger partial charge < -0.3 is 21.1 Å². The third-order valence-corrected chi connectivity index (χ3v) is 8.15. The summed E-state index contributed by atoms with van der Waals surface area (Å²) in [5.74, 6) is -0.943. The summed E-state index contributed by atoms with van der Waals surface area (Å²) in [6.07, 6.45) is 4.20. The van der Waals surface area contributed by atoms with E-state index < -0.39 is 6.04 Å². The number of likely N-dealkylation sites (tertiary alicyclic amines) is 1. The van der Waals surface area contributed by atoms with E-state index in [2.05, 4.69) is 20.6 Å². The summed E-state index contributed by atoms with van der Waals surface area (Å²) in [5.41, 5.74) is 11.5. The molecule has 0 unspecified atom stereocenters. The van der Waals surface area contributed by atoms with Crippen molar-refractivity contribution in [2.45, 2.75) is 51.9 Å². The zero-order chi connectivity index (χ0) is 32.8. The summed E-state index contributed by atoms with van der Waals surface area (Å²) in [7, 11) is 1.55. The minimum Gasteiger partial charge on any atom is -0.398 e. The highest BCUT2D eigenvalue weighted by molar-refractivity contribution is 6.14. The summed E-state index contributed by atoms with van der Waals surface area (Å²) in [5, 5.41) is 14.8. The first-order valence-electron chi connectivity index (χ1n) is 15.1. The minimum atomic E-state index is -0.572. The van der Waals surface area contributed by atoms with Crippen molar-refractivity contribution in [3.8, 4) is 0 Å². The number of halogens is 1. The second-order valence-corrected chi connectivity index (χ2v) is 11.5. The largest absolute Gasteiger partial charge is 0.398 e. The highest BCUT2D eigenvalue weighted by Crippen LogP contribution is 2.26. The Morgan fingerprint density at radius 2 is 1.87 bits per heavy atom. The Balaban J connectivity index is 1.36. The Kier molecular flexibility index (Phi) is 10.1. The Hall–Kier alpha value is -5.00. The maximum Gasteiger partial charge on any atom is 0.251 e. The number of nitrogens with one attached hydrogen (secondary N) is 3. The molecule has 11 heteroatoms. The molecule has 238 valence electrons. The molecule has 0 aliphatic carbocycles. The van der Waals surface area contributed by atoms with Gasteiger partial charge in [0.15, 0.2) is 0 Å². The number of carbonyl (C=O) groups is 2. The topological polar surface area (TPSA) is 146 Å². The summed E-state index contributed by atoms with van der Waals surface area (Å²) in [6.45, 7) is 4.39. The number of nitrogens with zero attached hydrogens (tertiary/aromatic N) is 3. The maximum atomic E-state index is 15.2. The first kappa shape index (κ1) is 32.4. The number of anilines is 2. The number of methoxy groups -OCH3 is 1. The molecule has 0 spiro atoms. The van der Waals surface area contributed by atoms with Crippen LogP contribution in [0, 0.1) is 25.1 Å². The monoisotopic (exact) mass is 623 g/mol. The van der Waals surface area contributed by atoms with Gasteiger partial charge >= 0.3 is 0 Å². The molecular formula is C35H38FN7O3. The van der Waals surface area contributed by atoms with E-state index >= 15 is 4.39 Å². The molecule has 1 aliphatic heterocycles. The molecule has 2 atom stereocenters. The predicted octanol–water partition coefficient (Wildman–Crippen LogP) is 4.78. The number of amides is 2. The number of pyridine rings is 2. The van der Waals surface area contributed by atoms with Crippen LogP contribution in [0.4, 0.5) is 15.8 Å². The van der Waals surface area contributed by atoms with Crippen LogP contribution >= 0.6 is 0 Å². The average Bonchev–Trinajstić information content (AvgIpc) is 3.04. The third-order valence-electron chi connectivity index (χ3n) is 8.15. The number of carbonyl (C=O) groups excluding carboxylic acids is 2. The first-order valence-corrected chi connectivity index (χ1v) is 15.1. The predicted molar refractivity (Wildman–Crippen MR) is 175 cm³/mol. The number of aromatic nitrogens is 2. The fraction of sp³-hybridized carbons (Fsp3) is 0.286. The van der Waals surface area contributed by atoms with E-state index in [-0.39, 0.29) is 42.5 Å². The van der Waals surface area contributed by atoms with Gasteiger partial charge in [-0.3, -0.25) is 29.9 Å². The van der Waals surface area contributed by atoms with Gasteiger partial charge in [-0.2, -0.15) is 0 Å². The lowest BCUT2D eigenvalue weighted by atomic mass is 9.95. The van der Waals surface area contributed by atoms with Crippen molar-refractivity contribution in [3.63, 3.8) is 0 Å². The molecule has 4 aromatic rings. The van der Waals surface area contributed by atoms with E-state index in [0.29, 0.717) is 58.6 Å². The van der Waals surface area contributed by atoms with Crippen LogP contribution in [-0.4, -0.2) is 58.1 Å². The molecule has 46 heavy (non-hydrogen) atoms. The molecular weight excluding hydrogens is 585 g/mol. The number of benzene rings is 2. The van der Waals surface area contributed by atoms with Gasteiger partial charge in [-0.1, -0.05) is 12.1 Å². The van der Waals surface area contributed by atoms with Crippen LogP contribution in [0.25, 0.3) is 0 Å². The van der Waals surface area contributed by atoms with Gasteiger partial charge in [0.25, 0.3) is 5.91 Å². The molecule has 5 rings (SSSR count). The summed E-state index contributed by atoms with van der Waals surface area (Å²) < 4.78 is 20.5. The molecule has 2 aromatic heterocycles. The number of rotatable bonds is 10. The molecule has 1 fully saturated rings. The Morgan fingerprint density at radius 3 is 2.61 bits per heavy atom. The zero-order valence-corrected chi connectivity index (χ0v) is 26.1. The number of aryl methyl sites for hydroxylation is 2. The van der Waals surface area contributed by atoms with Crippen molar-refractivity contribution >= 4 is 28.9 Å². The number of ether oxygens (including phenoxy) is 1. The molecule has 0 bridgehead atoms. The van der Waals surface area contributed by atoms with Gasteiger partial charge in [-0.15, -0.1) is 0 Å². The van der Waals surface area contributed by atoms with Gasteiger partial charge in [0.05, 0.1) is 30.2 Å². The number of hydrogen-bond donors (Lipinski definition) is 4. The molecule has 10 nitrogen and oxygen atoms in total. The van der Waals surface area contributed by atoms with Gasteiger partial charge in [-0.25, -0.2) is 4.39 Å². The second kappa shape index (κ2) is 14.4. The van der Waals surface area contributed by atoms with Gasteiger partial charge in [-0.05, 0) is 80.8 Å². The molecule has 1 aliphatic rings. The standard InChI is InChI=1S/C35H38FN7O3/c1-21-7-9-26(17-40-21)41-35(45)32-12-10-27(18-43(32)19-29-25(20-46-3)5-4-6-30(29)36)42-34(44)24-8-11-31(37)28(16-24)33(38)23-13-14-39-22(2)15-23/h4-9,11,13-17,27,32,38H,10,12,18-20,37H2,1-3H3,(H,41,45)(H,42,44)/t27-,32+/m1/s1. The average molecular weight is 624 g/mol. The van der Waals surface area contributed by atoms with E-state index in [4.69, 9.17) is 15.9 Å². The van der Waals surface area contributed by atoms with Crippen LogP contribution in [0.5, 0.6) is 0 Å². The van der Waals surface area contributed by atoms with Gasteiger partial charge in [0, 0.05) is 71.8 Å². The molecule has 3 heterocycles. The van der Waals surface area contributed by atoms with Crippen LogP contribution in [0.2, 0.25) is 0 Å². The quantitative estimate of drug-likeness (QED) is 0.147. The van der Waals surface area contributed by atoms with Gasteiger partial charge in [0.2, 0.25) is 5.91 Å². The number of nitrogens with two attached hydrogens (primary N) is 1. The van der Waals surface area contributed by atoms with Crippen molar-refractivity contribution in [1.29, 1.82) is 5.41 Å². The summed E-state index contributed by atoms with van der Waals surface area (Å²) in [6, 6.07) is 15.9. The Labute approximate surface area is 267 Å². The van der Waals surface area contributed by atoms with Crippen molar-refractivity contribution in [2.75, 3.05) is 24.7 Å². The lowest BCUT2D eigenvalue weighted by molar-refractivity contribution is -0.123. The Bertz CT molecular complexity index is 1740. The normalized spacial score (nSPS) is 16.5. The molecule has 0 saturated carbocycles. The maximum absolute atomic E-state index is 15.2. The molecule has 0 radical (unpaired) electrons. The number of piperidine rings is 1. The van der Waals surface area contributed by atoms with E-state index in [1.807, 2.05) is 30.9 Å². The van der Waals surface area contributed by atoms with Crippen molar-refractivity contribution in [3.05, 3.63) is 118 Å². The fourth-order valence-corrected chi connectivity index (χ4v) is 5.71. The highest BCUT2D eigenvalue weighted by Gasteiger charge is 2.35. The van der Waals surface area contributed by atoms with Crippen LogP contribution in [0.15, 0.2) is 73.1 Å². The van der Waals surface area contributed by atoms with E-state index in [0.717, 1.165) is 11.4 Å². The number of hydrogen-bond acceptors (Lipinski definition) is 8. The van der Waals surface area contributed by atoms with Crippen LogP contribution in [-0.2, 0) is 22.7 Å². The van der Waals surface area contributed by atoms with Crippen molar-refractivity contribution in [1.82, 2.24) is 20.2 Å². The first-order chi connectivity index (χ1) is 22.1. The third kappa shape index (κ3) is 7.61. The van der Waals surface area contributed by atoms with Crippen molar-refractivity contribution < 1.29 is 18.7 Å². The fourth-order valence-electron chi connectivity index (χ4n) is 5.71. The van der Waals surface area contributed by atoms with Crippen LogP contribution in [0.1, 0.15) is 56.8 Å². The zero-order valence-electron chi connectivity index (χ0n) is 26.1. The molecule has 2 aromatic carbocycles. The van der Waals surface area contributed by atoms with Crippen molar-refractivity contribution in [2.24, 2.45) is 0 Å². The van der Waals surface area contributed by atoms with Crippen LogP contribution in [0.3, 0.4) is 0 Å². The van der Waals surface area contributed by atoms with E-state index in [9.17, 15) is 9.59 Å². The number of nitrogen functional groups attached to an aromatic ring is 1. The minimum absolute atomic E-state index is 0.149. The summed E-state index contributed by atoms with van der Waals surface area (Å²) >= 11 is 0. The van der Waals surface area contributed by atoms with Crippen LogP contribution < -0.4 is 16.4 Å². The highest BCUT2D eigenvalue weighted by atomic mass is 19.1. The Morgan fingerprint density at radius 1 is 1.04 bits per heavy atom. The lowest BCUT2D eigenvalue weighted by Crippen LogP contribution is -2.55. The molecule has 5 N–H and O–H groups in total. The summed E-state index contributed by atoms with van der Waals surface area (Å²) in [4.78, 5) is 37.4. The second-order valence-electron chi connectivity index (χ2n) is 11.5. The van der Waals surface area contributed by atoms with E-state index in [1.165, 1.54) is 6.07 Å². The SMILES string of the molecule is COCc1cccc(F)c1CN1C[C@H](NC(=O)c2ccc(N)c(C(=N)c3ccnc(C)c3)c2)CC[C@H]1C(=O)Nc1ccc(C)nc1. The smallest absolute Gasteiger partial charge is 0.251 e. The van der Waals surface area contributed by atoms with E-state index in [1.54, 1.807) is 62.0 Å².